The summed E-state index contributed by atoms with van der Waals surface area (Å²) in [6, 6.07) is 19.1. The molecule has 0 aromatic heterocycles. The number of hydrogen-bond acceptors (Lipinski definition) is 2. The minimum absolute atomic E-state index is 0.254. The molecule has 0 fully saturated rings. The summed E-state index contributed by atoms with van der Waals surface area (Å²) in [4.78, 5) is 3.62. The number of hydrogen-bond donors (Lipinski definition) is 0. The highest BCUT2D eigenvalue weighted by atomic mass is 19.4. The minimum Gasteiger partial charge on any atom is -0.363 e. The fourth-order valence-electron chi connectivity index (χ4n) is 4.42. The summed E-state index contributed by atoms with van der Waals surface area (Å²) in [7, 11) is 0. The second kappa shape index (κ2) is 9.24. The van der Waals surface area contributed by atoms with Crippen LogP contribution in [-0.2, 0) is 12.7 Å². The first kappa shape index (κ1) is 24.0. The zero-order valence-corrected chi connectivity index (χ0v) is 18.5. The number of para-hydroxylation sites is 2. The third kappa shape index (κ3) is 5.32. The van der Waals surface area contributed by atoms with Crippen molar-refractivity contribution in [2.45, 2.75) is 38.3 Å². The number of rotatable bonds is 5. The summed E-state index contributed by atoms with van der Waals surface area (Å²) in [6.07, 6.45) is -9.99. The Balaban J connectivity index is 1.78. The van der Waals surface area contributed by atoms with Gasteiger partial charge in [-0.3, -0.25) is 0 Å². The molecule has 0 radical (unpaired) electrons. The Morgan fingerprint density at radius 1 is 0.824 bits per heavy atom. The van der Waals surface area contributed by atoms with Crippen LogP contribution in [0, 0.1) is 6.92 Å². The molecular weight excluding hydrogens is 454 g/mol. The average molecular weight is 478 g/mol. The molecule has 8 heteroatoms. The van der Waals surface area contributed by atoms with Crippen LogP contribution in [0.5, 0.6) is 0 Å². The maximum atomic E-state index is 13.4. The van der Waals surface area contributed by atoms with E-state index in [0.29, 0.717) is 17.8 Å². The van der Waals surface area contributed by atoms with Crippen LogP contribution in [0.15, 0.2) is 72.8 Å². The van der Waals surface area contributed by atoms with Gasteiger partial charge in [0.25, 0.3) is 0 Å². The largest absolute Gasteiger partial charge is 0.416 e. The smallest absolute Gasteiger partial charge is 0.363 e. The van der Waals surface area contributed by atoms with Crippen molar-refractivity contribution in [1.82, 2.24) is 0 Å². The van der Waals surface area contributed by atoms with E-state index < -0.39 is 30.4 Å². The Morgan fingerprint density at radius 2 is 1.50 bits per heavy atom. The van der Waals surface area contributed by atoms with Crippen molar-refractivity contribution < 1.29 is 26.3 Å². The molecule has 3 aromatic carbocycles. The highest BCUT2D eigenvalue weighted by molar-refractivity contribution is 5.74. The SMILES string of the molecule is Cc1ccccc1CN1C[C@@H](c2cccc(C(F)(F)F)c2)N(CCC(F)(F)F)c2ccccc21. The fourth-order valence-corrected chi connectivity index (χ4v) is 4.42. The van der Waals surface area contributed by atoms with Crippen molar-refractivity contribution in [3.63, 3.8) is 0 Å². The van der Waals surface area contributed by atoms with Crippen molar-refractivity contribution in [3.05, 3.63) is 95.1 Å². The first-order valence-corrected chi connectivity index (χ1v) is 10.9. The lowest BCUT2D eigenvalue weighted by atomic mass is 9.96. The van der Waals surface area contributed by atoms with Gasteiger partial charge in [0.1, 0.15) is 0 Å². The summed E-state index contributed by atoms with van der Waals surface area (Å²) < 4.78 is 79.7. The van der Waals surface area contributed by atoms with Gasteiger partial charge in [0, 0.05) is 19.6 Å². The van der Waals surface area contributed by atoms with Gasteiger partial charge in [-0.15, -0.1) is 0 Å². The monoisotopic (exact) mass is 478 g/mol. The van der Waals surface area contributed by atoms with Gasteiger partial charge in [0.15, 0.2) is 0 Å². The highest BCUT2D eigenvalue weighted by Gasteiger charge is 2.37. The van der Waals surface area contributed by atoms with Gasteiger partial charge in [-0.1, -0.05) is 48.5 Å². The maximum Gasteiger partial charge on any atom is 0.416 e. The van der Waals surface area contributed by atoms with Gasteiger partial charge in [-0.05, 0) is 47.9 Å². The molecule has 4 rings (SSSR count). The summed E-state index contributed by atoms with van der Waals surface area (Å²) in [5.41, 5.74) is 2.97. The maximum absolute atomic E-state index is 13.4. The van der Waals surface area contributed by atoms with E-state index in [0.717, 1.165) is 28.9 Å². The van der Waals surface area contributed by atoms with Crippen molar-refractivity contribution in [2.75, 3.05) is 22.9 Å². The Morgan fingerprint density at radius 3 is 2.18 bits per heavy atom. The average Bonchev–Trinajstić information content (AvgIpc) is 2.78. The molecule has 3 aromatic rings. The number of benzene rings is 3. The Kier molecular flexibility index (Phi) is 6.51. The lowest BCUT2D eigenvalue weighted by molar-refractivity contribution is -0.137. The van der Waals surface area contributed by atoms with Crippen molar-refractivity contribution in [1.29, 1.82) is 0 Å². The zero-order valence-electron chi connectivity index (χ0n) is 18.5. The van der Waals surface area contributed by atoms with E-state index in [4.69, 9.17) is 0 Å². The zero-order chi connectivity index (χ0) is 24.5. The number of fused-ring (bicyclic) bond motifs is 1. The predicted octanol–water partition coefficient (Wildman–Crippen LogP) is 7.53. The van der Waals surface area contributed by atoms with Crippen molar-refractivity contribution in [2.24, 2.45) is 0 Å². The third-order valence-corrected chi connectivity index (χ3v) is 6.16. The van der Waals surface area contributed by atoms with E-state index in [2.05, 4.69) is 0 Å². The molecule has 0 spiro atoms. The molecule has 0 N–H and O–H groups in total. The summed E-state index contributed by atoms with van der Waals surface area (Å²) in [5.74, 6) is 0. The third-order valence-electron chi connectivity index (χ3n) is 6.16. The topological polar surface area (TPSA) is 6.48 Å². The normalized spacial score (nSPS) is 16.5. The molecule has 180 valence electrons. The predicted molar refractivity (Wildman–Crippen MR) is 121 cm³/mol. The number of aryl methyl sites for hydroxylation is 1. The molecule has 1 atom stereocenters. The quantitative estimate of drug-likeness (QED) is 0.350. The molecule has 0 saturated heterocycles. The Bertz CT molecular complexity index is 1140. The van der Waals surface area contributed by atoms with E-state index in [9.17, 15) is 26.3 Å². The molecule has 0 aliphatic carbocycles. The molecule has 0 unspecified atom stereocenters. The van der Waals surface area contributed by atoms with E-state index >= 15 is 0 Å². The van der Waals surface area contributed by atoms with Crippen LogP contribution in [0.1, 0.15) is 34.7 Å². The molecule has 0 bridgehead atoms. The summed E-state index contributed by atoms with van der Waals surface area (Å²) >= 11 is 0. The van der Waals surface area contributed by atoms with Crippen LogP contribution >= 0.6 is 0 Å². The van der Waals surface area contributed by atoms with E-state index in [1.807, 2.05) is 48.2 Å². The first-order valence-electron chi connectivity index (χ1n) is 10.9. The van der Waals surface area contributed by atoms with Crippen LogP contribution in [0.2, 0.25) is 0 Å². The van der Waals surface area contributed by atoms with Gasteiger partial charge in [0.2, 0.25) is 0 Å². The minimum atomic E-state index is -4.54. The molecular formula is C26H24F6N2. The molecule has 0 saturated carbocycles. The molecule has 1 aliphatic heterocycles. The van der Waals surface area contributed by atoms with Crippen LogP contribution in [-0.4, -0.2) is 19.3 Å². The number of nitrogens with zero attached hydrogens (tertiary/aromatic N) is 2. The van der Waals surface area contributed by atoms with Gasteiger partial charge in [0.05, 0.1) is 29.4 Å². The first-order chi connectivity index (χ1) is 16.0. The van der Waals surface area contributed by atoms with Crippen LogP contribution < -0.4 is 9.80 Å². The molecule has 1 heterocycles. The standard InChI is InChI=1S/C26H24F6N2/c1-18-7-2-3-8-20(18)16-33-17-24(19-9-6-10-21(15-19)26(30,31)32)34(14-13-25(27,28)29)23-12-5-4-11-22(23)33/h2-12,15,24H,13-14,16-17H2,1H3/t24-/m0/s1. The molecule has 1 aliphatic rings. The molecule has 34 heavy (non-hydrogen) atoms. The summed E-state index contributed by atoms with van der Waals surface area (Å²) in [5, 5.41) is 0. The second-order valence-corrected chi connectivity index (χ2v) is 8.49. The fraction of sp³-hybridized carbons (Fsp3) is 0.308. The van der Waals surface area contributed by atoms with Crippen LogP contribution in [0.25, 0.3) is 0 Å². The van der Waals surface area contributed by atoms with Crippen molar-refractivity contribution >= 4 is 11.4 Å². The van der Waals surface area contributed by atoms with E-state index in [1.165, 1.54) is 6.07 Å². The van der Waals surface area contributed by atoms with Crippen molar-refractivity contribution in [3.8, 4) is 0 Å². The second-order valence-electron chi connectivity index (χ2n) is 8.49. The highest BCUT2D eigenvalue weighted by Crippen LogP contribution is 2.43. The lowest BCUT2D eigenvalue weighted by Crippen LogP contribution is -2.44. The molecule has 0 amide bonds. The Labute approximate surface area is 194 Å². The Hall–Kier alpha value is -3.16. The van der Waals surface area contributed by atoms with Gasteiger partial charge in [-0.2, -0.15) is 26.3 Å². The van der Waals surface area contributed by atoms with E-state index in [-0.39, 0.29) is 13.1 Å². The number of alkyl halides is 6. The van der Waals surface area contributed by atoms with Gasteiger partial charge < -0.3 is 9.80 Å². The number of halogens is 6. The lowest BCUT2D eigenvalue weighted by Gasteiger charge is -2.45. The summed E-state index contributed by atoms with van der Waals surface area (Å²) in [6.45, 7) is 2.38. The molecule has 2 nitrogen and oxygen atoms in total. The van der Waals surface area contributed by atoms with E-state index in [1.54, 1.807) is 23.1 Å². The number of anilines is 2. The van der Waals surface area contributed by atoms with Gasteiger partial charge >= 0.3 is 12.4 Å². The van der Waals surface area contributed by atoms with Crippen LogP contribution in [0.4, 0.5) is 37.7 Å². The van der Waals surface area contributed by atoms with Crippen LogP contribution in [0.3, 0.4) is 0 Å². The van der Waals surface area contributed by atoms with Gasteiger partial charge in [-0.25, -0.2) is 0 Å².